The van der Waals surface area contributed by atoms with E-state index < -0.39 is 24.1 Å². The maximum atomic E-state index is 11.3. The standard InChI is InChI=1S/C14H26O4.C12H22O6/c1-11(2)9-17-13(15)7-5-6-8-14(16)18-10-12(3)4;1-3-5-7-17-11(15)9(13)10(14)12(16)18-8-6-4-2/h11-12H,5-10H2,1-4H3;9-10,13-14H,3-8H2,1-2H3. The number of hydrogen-bond acceptors (Lipinski definition) is 10. The molecule has 0 saturated carbocycles. The Balaban J connectivity index is 0. The second-order valence-corrected chi connectivity index (χ2v) is 9.29. The zero-order valence-electron chi connectivity index (χ0n) is 23.0. The average Bonchev–Trinajstić information content (AvgIpc) is 2.83. The van der Waals surface area contributed by atoms with E-state index in [1.165, 1.54) is 0 Å². The monoisotopic (exact) mass is 520 g/mol. The summed E-state index contributed by atoms with van der Waals surface area (Å²) in [6, 6.07) is 0. The van der Waals surface area contributed by atoms with Crippen LogP contribution in [0.25, 0.3) is 0 Å². The third-order valence-electron chi connectivity index (χ3n) is 4.43. The molecule has 10 nitrogen and oxygen atoms in total. The van der Waals surface area contributed by atoms with E-state index in [0.29, 0.717) is 63.6 Å². The molecule has 2 N–H and O–H groups in total. The summed E-state index contributed by atoms with van der Waals surface area (Å²) in [7, 11) is 0. The SMILES string of the molecule is CC(C)COC(=O)CCCCC(=O)OCC(C)C.CCCCOC(=O)C(O)C(O)C(=O)OCCCC. The molecule has 2 unspecified atom stereocenters. The van der Waals surface area contributed by atoms with E-state index in [0.717, 1.165) is 12.8 Å². The van der Waals surface area contributed by atoms with Crippen molar-refractivity contribution in [3.8, 4) is 0 Å². The summed E-state index contributed by atoms with van der Waals surface area (Å²) in [5.74, 6) is -1.66. The normalized spacial score (nSPS) is 12.3. The molecule has 0 aliphatic carbocycles. The van der Waals surface area contributed by atoms with Crippen LogP contribution in [-0.4, -0.2) is 72.7 Å². The van der Waals surface area contributed by atoms with Crippen LogP contribution in [0.4, 0.5) is 0 Å². The zero-order chi connectivity index (χ0) is 27.9. The molecule has 0 aliphatic rings. The minimum Gasteiger partial charge on any atom is -0.465 e. The molecule has 0 radical (unpaired) electrons. The van der Waals surface area contributed by atoms with Gasteiger partial charge >= 0.3 is 23.9 Å². The number of rotatable bonds is 18. The topological polar surface area (TPSA) is 146 Å². The van der Waals surface area contributed by atoms with Crippen LogP contribution < -0.4 is 0 Å². The first kappa shape index (κ1) is 36.0. The highest BCUT2D eigenvalue weighted by atomic mass is 16.6. The van der Waals surface area contributed by atoms with E-state index in [4.69, 9.17) is 9.47 Å². The van der Waals surface area contributed by atoms with Gasteiger partial charge in [0, 0.05) is 12.8 Å². The average molecular weight is 521 g/mol. The number of unbranched alkanes of at least 4 members (excludes halogenated alkanes) is 3. The fourth-order valence-electron chi connectivity index (χ4n) is 2.26. The molecule has 0 fully saturated rings. The highest BCUT2D eigenvalue weighted by molar-refractivity contribution is 5.85. The number of carbonyl (C=O) groups is 4. The Kier molecular flexibility index (Phi) is 23.2. The van der Waals surface area contributed by atoms with E-state index in [1.54, 1.807) is 0 Å². The van der Waals surface area contributed by atoms with Crippen LogP contribution in [0.5, 0.6) is 0 Å². The van der Waals surface area contributed by atoms with Gasteiger partial charge < -0.3 is 29.2 Å². The fraction of sp³-hybridized carbons (Fsp3) is 0.846. The van der Waals surface area contributed by atoms with Crippen molar-refractivity contribution in [2.75, 3.05) is 26.4 Å². The Bertz CT molecular complexity index is 552. The largest absolute Gasteiger partial charge is 0.465 e. The summed E-state index contributed by atoms with van der Waals surface area (Å²) in [4.78, 5) is 45.0. The van der Waals surface area contributed by atoms with Gasteiger partial charge in [0.05, 0.1) is 26.4 Å². The summed E-state index contributed by atoms with van der Waals surface area (Å²) < 4.78 is 19.4. The second-order valence-electron chi connectivity index (χ2n) is 9.29. The molecular formula is C26H48O10. The Morgan fingerprint density at radius 2 is 0.917 bits per heavy atom. The van der Waals surface area contributed by atoms with Crippen molar-refractivity contribution >= 4 is 23.9 Å². The molecule has 10 heteroatoms. The molecule has 0 aromatic carbocycles. The molecule has 0 heterocycles. The molecule has 0 aromatic heterocycles. The van der Waals surface area contributed by atoms with E-state index >= 15 is 0 Å². The number of carbonyl (C=O) groups excluding carboxylic acids is 4. The van der Waals surface area contributed by atoms with Crippen LogP contribution in [0.3, 0.4) is 0 Å². The Morgan fingerprint density at radius 3 is 1.19 bits per heavy atom. The molecule has 212 valence electrons. The van der Waals surface area contributed by atoms with E-state index in [2.05, 4.69) is 9.47 Å². The van der Waals surface area contributed by atoms with E-state index in [1.807, 2.05) is 41.5 Å². The predicted octanol–water partition coefficient (Wildman–Crippen LogP) is 3.34. The lowest BCUT2D eigenvalue weighted by atomic mass is 10.2. The van der Waals surface area contributed by atoms with Crippen LogP contribution in [0.1, 0.15) is 92.9 Å². The van der Waals surface area contributed by atoms with Gasteiger partial charge in [-0.25, -0.2) is 9.59 Å². The Hall–Kier alpha value is -2.20. The summed E-state index contributed by atoms with van der Waals surface area (Å²) in [6.45, 7) is 13.1. The van der Waals surface area contributed by atoms with Crippen molar-refractivity contribution in [2.45, 2.75) is 105 Å². The number of hydrogen-bond donors (Lipinski definition) is 2. The van der Waals surface area contributed by atoms with Gasteiger partial charge in [-0.2, -0.15) is 0 Å². The van der Waals surface area contributed by atoms with Crippen molar-refractivity contribution in [1.29, 1.82) is 0 Å². The highest BCUT2D eigenvalue weighted by Gasteiger charge is 2.32. The molecule has 2 atom stereocenters. The first-order valence-corrected chi connectivity index (χ1v) is 13.0. The minimum absolute atomic E-state index is 0.157. The third kappa shape index (κ3) is 22.3. The first-order chi connectivity index (χ1) is 17.0. The van der Waals surface area contributed by atoms with Crippen LogP contribution in [0.15, 0.2) is 0 Å². The number of aliphatic hydroxyl groups is 2. The summed E-state index contributed by atoms with van der Waals surface area (Å²) in [5.41, 5.74) is 0. The van der Waals surface area contributed by atoms with Crippen molar-refractivity contribution < 1.29 is 48.3 Å². The zero-order valence-corrected chi connectivity index (χ0v) is 23.0. The molecular weight excluding hydrogens is 472 g/mol. The van der Waals surface area contributed by atoms with Gasteiger partial charge in [-0.05, 0) is 37.5 Å². The molecule has 0 spiro atoms. The molecule has 0 aromatic rings. The van der Waals surface area contributed by atoms with Crippen molar-refractivity contribution in [3.63, 3.8) is 0 Å². The molecule has 0 amide bonds. The van der Waals surface area contributed by atoms with Gasteiger partial charge in [-0.3, -0.25) is 9.59 Å². The highest BCUT2D eigenvalue weighted by Crippen LogP contribution is 2.05. The van der Waals surface area contributed by atoms with E-state index in [-0.39, 0.29) is 25.2 Å². The summed E-state index contributed by atoms with van der Waals surface area (Å²) >= 11 is 0. The van der Waals surface area contributed by atoms with E-state index in [9.17, 15) is 29.4 Å². The van der Waals surface area contributed by atoms with Crippen molar-refractivity contribution in [1.82, 2.24) is 0 Å². The smallest absolute Gasteiger partial charge is 0.338 e. The number of ether oxygens (including phenoxy) is 4. The molecule has 0 saturated heterocycles. The van der Waals surface area contributed by atoms with Crippen molar-refractivity contribution in [3.05, 3.63) is 0 Å². The summed E-state index contributed by atoms with van der Waals surface area (Å²) in [6.07, 6.45) is 1.32. The maximum Gasteiger partial charge on any atom is 0.338 e. The van der Waals surface area contributed by atoms with Crippen LogP contribution in [0.2, 0.25) is 0 Å². The number of aliphatic hydroxyl groups excluding tert-OH is 2. The van der Waals surface area contributed by atoms with Gasteiger partial charge in [-0.1, -0.05) is 54.4 Å². The van der Waals surface area contributed by atoms with Crippen LogP contribution in [0, 0.1) is 11.8 Å². The Labute approximate surface area is 216 Å². The summed E-state index contributed by atoms with van der Waals surface area (Å²) in [5, 5.41) is 18.8. The number of esters is 4. The second kappa shape index (κ2) is 23.2. The van der Waals surface area contributed by atoms with Gasteiger partial charge in [0.1, 0.15) is 0 Å². The van der Waals surface area contributed by atoms with Gasteiger partial charge in [0.25, 0.3) is 0 Å². The lowest BCUT2D eigenvalue weighted by molar-refractivity contribution is -0.173. The molecule has 0 aliphatic heterocycles. The van der Waals surface area contributed by atoms with Crippen LogP contribution >= 0.6 is 0 Å². The van der Waals surface area contributed by atoms with Gasteiger partial charge in [0.15, 0.2) is 12.2 Å². The lowest BCUT2D eigenvalue weighted by Gasteiger charge is -2.15. The Morgan fingerprint density at radius 1 is 0.583 bits per heavy atom. The minimum atomic E-state index is -1.89. The molecule has 36 heavy (non-hydrogen) atoms. The maximum absolute atomic E-state index is 11.3. The van der Waals surface area contributed by atoms with Crippen molar-refractivity contribution in [2.24, 2.45) is 11.8 Å². The van der Waals surface area contributed by atoms with Gasteiger partial charge in [-0.15, -0.1) is 0 Å². The van der Waals surface area contributed by atoms with Gasteiger partial charge in [0.2, 0.25) is 0 Å². The molecule has 0 bridgehead atoms. The quantitative estimate of drug-likeness (QED) is 0.157. The van der Waals surface area contributed by atoms with Crippen LogP contribution in [-0.2, 0) is 38.1 Å². The third-order valence-corrected chi connectivity index (χ3v) is 4.43. The first-order valence-electron chi connectivity index (χ1n) is 13.0. The molecule has 0 rings (SSSR count). The predicted molar refractivity (Wildman–Crippen MR) is 134 cm³/mol. The lowest BCUT2D eigenvalue weighted by Crippen LogP contribution is -2.41. The fourth-order valence-corrected chi connectivity index (χ4v) is 2.26.